The van der Waals surface area contributed by atoms with Gasteiger partial charge < -0.3 is 5.32 Å². The third-order valence-corrected chi connectivity index (χ3v) is 3.65. The summed E-state index contributed by atoms with van der Waals surface area (Å²) < 4.78 is 129. The molecule has 4 heteroatoms. The molecule has 0 fully saturated rings. The van der Waals surface area contributed by atoms with Crippen LogP contribution in [-0.2, 0) is 12.5 Å². The molecule has 0 bridgehead atoms. The zero-order chi connectivity index (χ0) is 28.1. The van der Waals surface area contributed by atoms with Gasteiger partial charge in [-0.2, -0.15) is 13.2 Å². The maximum absolute atomic E-state index is 13.5. The van der Waals surface area contributed by atoms with E-state index in [-0.39, 0.29) is 5.56 Å². The van der Waals surface area contributed by atoms with Gasteiger partial charge in [-0.25, -0.2) is 0 Å². The topological polar surface area (TPSA) is 12.0 Å². The van der Waals surface area contributed by atoms with Gasteiger partial charge >= 0.3 is 6.18 Å². The van der Waals surface area contributed by atoms with Crippen molar-refractivity contribution in [3.05, 3.63) is 83.3 Å². The Morgan fingerprint density at radius 3 is 2.77 bits per heavy atom. The third-order valence-electron chi connectivity index (χ3n) is 3.65. The summed E-state index contributed by atoms with van der Waals surface area (Å²) in [4.78, 5) is 0. The first-order valence-electron chi connectivity index (χ1n) is 13.2. The second kappa shape index (κ2) is 7.92. The molecule has 26 heavy (non-hydrogen) atoms. The van der Waals surface area contributed by atoms with Crippen molar-refractivity contribution in [3.8, 4) is 0 Å². The van der Waals surface area contributed by atoms with Crippen molar-refractivity contribution in [1.29, 1.82) is 0 Å². The van der Waals surface area contributed by atoms with Crippen LogP contribution in [0.15, 0.2) is 66.6 Å². The largest absolute Gasteiger partial charge is 0.416 e. The second-order valence-corrected chi connectivity index (χ2v) is 5.43. The first-order chi connectivity index (χ1) is 16.8. The highest BCUT2D eigenvalue weighted by Crippen LogP contribution is 2.29. The number of alkyl halides is 3. The number of fused-ring (bicyclic) bond motifs is 1. The van der Waals surface area contributed by atoms with Gasteiger partial charge in [0.1, 0.15) is 0 Å². The maximum Gasteiger partial charge on any atom is 0.416 e. The lowest BCUT2D eigenvalue weighted by atomic mass is 9.99. The molecule has 1 nitrogen and oxygen atoms in total. The van der Waals surface area contributed by atoms with Crippen LogP contribution in [-0.4, -0.2) is 6.54 Å². The summed E-state index contributed by atoms with van der Waals surface area (Å²) in [5, 5.41) is 3.73. The Balaban J connectivity index is 2.08. The van der Waals surface area contributed by atoms with E-state index in [1.54, 1.807) is 36.4 Å². The van der Waals surface area contributed by atoms with Gasteiger partial charge in [0.2, 0.25) is 0 Å². The van der Waals surface area contributed by atoms with Crippen molar-refractivity contribution in [3.63, 3.8) is 0 Å². The number of rotatable bonds is 6. The van der Waals surface area contributed by atoms with Crippen LogP contribution in [0.25, 0.3) is 10.8 Å². The Bertz CT molecular complexity index is 1310. The molecule has 0 aliphatic rings. The van der Waals surface area contributed by atoms with Crippen molar-refractivity contribution < 1.29 is 28.2 Å². The molecule has 0 heterocycles. The number of nitrogens with one attached hydrogen (secondary N) is 1. The van der Waals surface area contributed by atoms with Crippen molar-refractivity contribution in [2.75, 3.05) is 6.54 Å². The molecule has 1 atom stereocenters. The van der Waals surface area contributed by atoms with Gasteiger partial charge in [0.15, 0.2) is 0 Å². The lowest BCUT2D eigenvalue weighted by molar-refractivity contribution is -0.137. The molecule has 0 aromatic heterocycles. The molecule has 0 unspecified atom stereocenters. The van der Waals surface area contributed by atoms with Gasteiger partial charge in [0, 0.05) is 15.6 Å². The van der Waals surface area contributed by atoms with E-state index in [9.17, 15) is 13.2 Å². The smallest absolute Gasteiger partial charge is 0.310 e. The third kappa shape index (κ3) is 4.44. The zero-order valence-corrected chi connectivity index (χ0v) is 13.5. The number of benzene rings is 3. The van der Waals surface area contributed by atoms with Crippen LogP contribution >= 0.6 is 0 Å². The van der Waals surface area contributed by atoms with Crippen LogP contribution < -0.4 is 5.32 Å². The van der Waals surface area contributed by atoms with E-state index in [1.165, 1.54) is 6.07 Å². The predicted molar refractivity (Wildman–Crippen MR) is 100 cm³/mol. The van der Waals surface area contributed by atoms with Crippen LogP contribution in [0.1, 0.15) is 51.0 Å². The number of halogens is 3. The Morgan fingerprint density at radius 2 is 1.96 bits per heavy atom. The fraction of sp³-hybridized carbons (Fsp3) is 0.273. The minimum Gasteiger partial charge on any atom is -0.310 e. The highest BCUT2D eigenvalue weighted by molar-refractivity contribution is 5.86. The SMILES string of the molecule is [2H]c1c([2H])c(C(F)(F)F)c([2H])c(C([2H])([2H])C([2H])([2H])CN[C@@H](c2cccc3ccccc23)C([2H])([2H])[2H])c1[2H]. The molecule has 3 aromatic carbocycles. The Hall–Kier alpha value is -2.33. The average Bonchev–Trinajstić information content (AvgIpc) is 2.75. The molecular weight excluding hydrogens is 335 g/mol. The maximum atomic E-state index is 13.5. The van der Waals surface area contributed by atoms with Crippen LogP contribution in [0.3, 0.4) is 0 Å². The highest BCUT2D eigenvalue weighted by Gasteiger charge is 2.30. The minimum atomic E-state index is -5.33. The van der Waals surface area contributed by atoms with E-state index in [4.69, 9.17) is 15.1 Å². The molecule has 0 radical (unpaired) electrons. The normalized spacial score (nSPS) is 20.8. The van der Waals surface area contributed by atoms with Gasteiger partial charge in [-0.05, 0) is 54.1 Å². The Labute approximate surface area is 167 Å². The number of hydrogen-bond acceptors (Lipinski definition) is 1. The minimum absolute atomic E-state index is 0.267. The lowest BCUT2D eigenvalue weighted by Crippen LogP contribution is -2.20. The van der Waals surface area contributed by atoms with Crippen molar-refractivity contribution in [2.45, 2.75) is 31.8 Å². The quantitative estimate of drug-likeness (QED) is 0.551. The molecule has 0 saturated heterocycles. The van der Waals surface area contributed by atoms with Crippen LogP contribution in [0.2, 0.25) is 0 Å². The molecule has 0 aliphatic carbocycles. The standard InChI is InChI=1S/C22H22F3N/c1-16(20-13-5-10-18-9-2-3-12-21(18)20)26-14-6-8-17-7-4-11-19(15-17)22(23,24)25/h2-5,7,9-13,15-16,26H,6,8,14H2,1H3/t16-/m1/s1/i1D3,4D,6D2,7D,8D2,11D,15D. The summed E-state index contributed by atoms with van der Waals surface area (Å²) in [5.74, 6) is 0. The van der Waals surface area contributed by atoms with E-state index < -0.39 is 73.7 Å². The summed E-state index contributed by atoms with van der Waals surface area (Å²) in [7, 11) is 0. The van der Waals surface area contributed by atoms with Crippen LogP contribution in [0, 0.1) is 0 Å². The van der Waals surface area contributed by atoms with Crippen molar-refractivity contribution in [1.82, 2.24) is 5.32 Å². The van der Waals surface area contributed by atoms with Crippen LogP contribution in [0.4, 0.5) is 13.2 Å². The van der Waals surface area contributed by atoms with Crippen molar-refractivity contribution >= 4 is 10.8 Å². The average molecular weight is 368 g/mol. The van der Waals surface area contributed by atoms with E-state index >= 15 is 0 Å². The first kappa shape index (κ1) is 9.05. The Morgan fingerprint density at radius 1 is 1.15 bits per heavy atom. The predicted octanol–water partition coefficient (Wildman–Crippen LogP) is 6.14. The van der Waals surface area contributed by atoms with Gasteiger partial charge in [0.05, 0.1) is 11.0 Å². The zero-order valence-electron chi connectivity index (χ0n) is 24.5. The van der Waals surface area contributed by atoms with E-state index in [0.717, 1.165) is 0 Å². The van der Waals surface area contributed by atoms with E-state index in [0.29, 0.717) is 10.8 Å². The Kier molecular flexibility index (Phi) is 2.75. The summed E-state index contributed by atoms with van der Waals surface area (Å²) in [5.41, 5.74) is -3.03. The van der Waals surface area contributed by atoms with Crippen LogP contribution in [0.5, 0.6) is 0 Å². The van der Waals surface area contributed by atoms with Crippen molar-refractivity contribution in [2.24, 2.45) is 0 Å². The number of hydrogen-bond donors (Lipinski definition) is 1. The molecule has 0 amide bonds. The van der Waals surface area contributed by atoms with Gasteiger partial charge in [0.25, 0.3) is 0 Å². The fourth-order valence-electron chi connectivity index (χ4n) is 2.45. The second-order valence-electron chi connectivity index (χ2n) is 5.43. The van der Waals surface area contributed by atoms with Gasteiger partial charge in [-0.15, -0.1) is 0 Å². The van der Waals surface area contributed by atoms with E-state index in [1.807, 2.05) is 0 Å². The fourth-order valence-corrected chi connectivity index (χ4v) is 2.45. The lowest BCUT2D eigenvalue weighted by Gasteiger charge is -2.17. The summed E-state index contributed by atoms with van der Waals surface area (Å²) >= 11 is 0. The molecule has 0 aliphatic heterocycles. The molecular formula is C22H22F3N. The van der Waals surface area contributed by atoms with Gasteiger partial charge in [-0.1, -0.05) is 60.6 Å². The molecule has 3 aromatic rings. The monoisotopic (exact) mass is 368 g/mol. The molecule has 0 spiro atoms. The highest BCUT2D eigenvalue weighted by atomic mass is 19.4. The summed E-state index contributed by atoms with van der Waals surface area (Å²) in [6, 6.07) is 4.55. The molecule has 1 N–H and O–H groups in total. The summed E-state index contributed by atoms with van der Waals surface area (Å²) in [6.45, 7) is -3.76. The van der Waals surface area contributed by atoms with Gasteiger partial charge in [-0.3, -0.25) is 0 Å². The molecule has 0 saturated carbocycles. The van der Waals surface area contributed by atoms with E-state index in [2.05, 4.69) is 5.32 Å². The summed E-state index contributed by atoms with van der Waals surface area (Å²) in [6.07, 6.45) is -11.9. The first-order valence-corrected chi connectivity index (χ1v) is 7.71. The molecule has 136 valence electrons. The molecule has 3 rings (SSSR count).